The summed E-state index contributed by atoms with van der Waals surface area (Å²) in [6.45, 7) is 7.83. The number of hydrogen-bond acceptors (Lipinski definition) is 6. The molecule has 0 radical (unpaired) electrons. The molecule has 2 atom stereocenters. The van der Waals surface area contributed by atoms with Crippen molar-refractivity contribution in [1.29, 1.82) is 0 Å². The molecule has 2 aliphatic heterocycles. The van der Waals surface area contributed by atoms with E-state index < -0.39 is 12.0 Å². The maximum Gasteiger partial charge on any atom is 0.338 e. The fraction of sp³-hybridized carbons (Fsp3) is 0.409. The molecular formula is C22H26ClN3O3S. The first-order valence-corrected chi connectivity index (χ1v) is 11.3. The highest BCUT2D eigenvalue weighted by Gasteiger charge is 2.41. The normalized spacial score (nSPS) is 19.1. The van der Waals surface area contributed by atoms with Crippen LogP contribution in [0.15, 0.2) is 51.6 Å². The summed E-state index contributed by atoms with van der Waals surface area (Å²) in [4.78, 5) is 32.0. The summed E-state index contributed by atoms with van der Waals surface area (Å²) in [6.07, 6.45) is 1.04. The summed E-state index contributed by atoms with van der Waals surface area (Å²) >= 11 is 7.98. The number of ether oxygens (including phenoxy) is 1. The van der Waals surface area contributed by atoms with Crippen LogP contribution in [0.25, 0.3) is 0 Å². The molecule has 0 bridgehead atoms. The van der Waals surface area contributed by atoms with Crippen molar-refractivity contribution in [3.63, 3.8) is 0 Å². The smallest absolute Gasteiger partial charge is 0.338 e. The summed E-state index contributed by atoms with van der Waals surface area (Å²) in [7, 11) is 0. The highest BCUT2D eigenvalue weighted by Crippen LogP contribution is 2.46. The lowest BCUT2D eigenvalue weighted by molar-refractivity contribution is -0.139. The first kappa shape index (κ1) is 22.4. The van der Waals surface area contributed by atoms with Gasteiger partial charge < -0.3 is 15.0 Å². The van der Waals surface area contributed by atoms with E-state index in [9.17, 15) is 9.59 Å². The van der Waals surface area contributed by atoms with E-state index in [1.54, 1.807) is 19.9 Å². The topological polar surface area (TPSA) is 71.0 Å². The van der Waals surface area contributed by atoms with Crippen LogP contribution in [-0.2, 0) is 14.3 Å². The van der Waals surface area contributed by atoms with Gasteiger partial charge in [-0.3, -0.25) is 4.79 Å². The van der Waals surface area contributed by atoms with Gasteiger partial charge in [0.2, 0.25) is 5.91 Å². The predicted molar refractivity (Wildman–Crippen MR) is 121 cm³/mol. The Kier molecular flexibility index (Phi) is 7.26. The van der Waals surface area contributed by atoms with Crippen molar-refractivity contribution in [3.05, 3.63) is 57.2 Å². The Labute approximate surface area is 186 Å². The van der Waals surface area contributed by atoms with Gasteiger partial charge in [-0.1, -0.05) is 48.5 Å². The molecule has 8 heteroatoms. The number of nitrogens with one attached hydrogen (secondary N) is 1. The summed E-state index contributed by atoms with van der Waals surface area (Å²) in [5, 5.41) is 6.17. The van der Waals surface area contributed by atoms with E-state index in [0.29, 0.717) is 16.3 Å². The molecule has 0 unspecified atom stereocenters. The van der Waals surface area contributed by atoms with Crippen molar-refractivity contribution in [1.82, 2.24) is 10.2 Å². The molecule has 160 valence electrons. The van der Waals surface area contributed by atoms with Crippen LogP contribution in [0.4, 0.5) is 0 Å². The van der Waals surface area contributed by atoms with E-state index >= 15 is 0 Å². The quantitative estimate of drug-likeness (QED) is 0.609. The minimum atomic E-state index is -0.511. The number of allylic oxidation sites excluding steroid dienone is 1. The lowest BCUT2D eigenvalue weighted by Gasteiger charge is -2.36. The van der Waals surface area contributed by atoms with E-state index in [-0.39, 0.29) is 25.0 Å². The van der Waals surface area contributed by atoms with Crippen molar-refractivity contribution < 1.29 is 14.3 Å². The molecule has 1 amide bonds. The molecule has 0 aromatic heterocycles. The molecule has 0 spiro atoms. The molecule has 0 saturated carbocycles. The second kappa shape index (κ2) is 9.71. The van der Waals surface area contributed by atoms with Crippen LogP contribution in [0.1, 0.15) is 52.1 Å². The van der Waals surface area contributed by atoms with E-state index in [1.807, 2.05) is 42.4 Å². The van der Waals surface area contributed by atoms with E-state index in [4.69, 9.17) is 16.3 Å². The number of amides is 1. The number of amidine groups is 1. The number of fused-ring (bicyclic) bond motifs is 1. The zero-order chi connectivity index (χ0) is 21.8. The van der Waals surface area contributed by atoms with Crippen LogP contribution < -0.4 is 5.32 Å². The SMILES string of the molecule is CCOC(=O)C1=C(C)N=C2SC=C(CC(=O)N[C@H](C)CC)N2[C@@H]1c1ccccc1Cl. The number of esters is 1. The Morgan fingerprint density at radius 2 is 2.07 bits per heavy atom. The Bertz CT molecular complexity index is 941. The van der Waals surface area contributed by atoms with Crippen LogP contribution in [0, 0.1) is 0 Å². The molecule has 30 heavy (non-hydrogen) atoms. The van der Waals surface area contributed by atoms with Gasteiger partial charge in [-0.05, 0) is 44.2 Å². The van der Waals surface area contributed by atoms with Gasteiger partial charge in [-0.15, -0.1) is 0 Å². The largest absolute Gasteiger partial charge is 0.463 e. The number of benzene rings is 1. The Hall–Kier alpha value is -2.25. The first-order valence-electron chi connectivity index (χ1n) is 10.0. The molecule has 1 N–H and O–H groups in total. The van der Waals surface area contributed by atoms with Gasteiger partial charge in [-0.25, -0.2) is 9.79 Å². The number of thioether (sulfide) groups is 1. The lowest BCUT2D eigenvalue weighted by atomic mass is 9.93. The number of carbonyl (C=O) groups excluding carboxylic acids is 2. The third-order valence-electron chi connectivity index (χ3n) is 5.06. The number of halogens is 1. The summed E-state index contributed by atoms with van der Waals surface area (Å²) < 4.78 is 5.33. The van der Waals surface area contributed by atoms with Crippen LogP contribution >= 0.6 is 23.4 Å². The average Bonchev–Trinajstić information content (AvgIpc) is 3.09. The summed E-state index contributed by atoms with van der Waals surface area (Å²) in [6, 6.07) is 7.00. The first-order chi connectivity index (χ1) is 14.4. The Morgan fingerprint density at radius 1 is 1.33 bits per heavy atom. The zero-order valence-corrected chi connectivity index (χ0v) is 19.1. The highest BCUT2D eigenvalue weighted by molar-refractivity contribution is 8.16. The molecule has 6 nitrogen and oxygen atoms in total. The molecule has 2 aliphatic rings. The van der Waals surface area contributed by atoms with Gasteiger partial charge in [0.05, 0.1) is 30.3 Å². The van der Waals surface area contributed by atoms with Crippen LogP contribution in [0.3, 0.4) is 0 Å². The third kappa shape index (κ3) is 4.57. The maximum atomic E-state index is 12.9. The molecule has 3 rings (SSSR count). The summed E-state index contributed by atoms with van der Waals surface area (Å²) in [5.41, 5.74) is 2.57. The Morgan fingerprint density at radius 3 is 2.73 bits per heavy atom. The van der Waals surface area contributed by atoms with Crippen LogP contribution in [0.2, 0.25) is 5.02 Å². The average molecular weight is 448 g/mol. The number of nitrogens with zero attached hydrogens (tertiary/aromatic N) is 2. The lowest BCUT2D eigenvalue weighted by Crippen LogP contribution is -2.39. The Balaban J connectivity index is 2.02. The van der Waals surface area contributed by atoms with Crippen LogP contribution in [0.5, 0.6) is 0 Å². The monoisotopic (exact) mass is 447 g/mol. The molecule has 1 aromatic rings. The van der Waals surface area contributed by atoms with E-state index in [1.165, 1.54) is 11.8 Å². The minimum absolute atomic E-state index is 0.0701. The highest BCUT2D eigenvalue weighted by atomic mass is 35.5. The van der Waals surface area contributed by atoms with Crippen molar-refractivity contribution in [2.75, 3.05) is 6.61 Å². The van der Waals surface area contributed by atoms with Gasteiger partial charge in [-0.2, -0.15) is 0 Å². The predicted octanol–water partition coefficient (Wildman–Crippen LogP) is 4.78. The molecule has 2 heterocycles. The number of rotatable bonds is 7. The van der Waals surface area contributed by atoms with E-state index in [2.05, 4.69) is 10.3 Å². The fourth-order valence-corrected chi connectivity index (χ4v) is 4.63. The van der Waals surface area contributed by atoms with Crippen molar-refractivity contribution in [2.24, 2.45) is 4.99 Å². The third-order valence-corrected chi connectivity index (χ3v) is 6.29. The van der Waals surface area contributed by atoms with Crippen LogP contribution in [-0.4, -0.2) is 34.6 Å². The van der Waals surface area contributed by atoms with Crippen molar-refractivity contribution >= 4 is 40.4 Å². The van der Waals surface area contributed by atoms with Crippen molar-refractivity contribution in [3.8, 4) is 0 Å². The second-order valence-corrected chi connectivity index (χ2v) is 8.43. The van der Waals surface area contributed by atoms with E-state index in [0.717, 1.165) is 22.8 Å². The molecular weight excluding hydrogens is 422 g/mol. The number of aliphatic imine (C=N–C) groups is 1. The molecule has 1 aromatic carbocycles. The number of carbonyl (C=O) groups is 2. The van der Waals surface area contributed by atoms with Gasteiger partial charge in [0.25, 0.3) is 0 Å². The van der Waals surface area contributed by atoms with Crippen molar-refractivity contribution in [2.45, 2.75) is 52.6 Å². The standard InChI is InChI=1S/C22H26ClN3O3S/c1-5-13(3)24-18(27)11-15-12-30-22-25-14(4)19(21(28)29-6-2)20(26(15)22)16-9-7-8-10-17(16)23/h7-10,12-13,20H,5-6,11H2,1-4H3,(H,24,27)/t13-,20-/m1/s1. The maximum absolute atomic E-state index is 12.9. The number of hydrogen-bond donors (Lipinski definition) is 1. The van der Waals surface area contributed by atoms with Gasteiger partial charge in [0.15, 0.2) is 5.17 Å². The summed E-state index contributed by atoms with van der Waals surface area (Å²) in [5.74, 6) is -0.498. The fourth-order valence-electron chi connectivity index (χ4n) is 3.42. The zero-order valence-electron chi connectivity index (χ0n) is 17.6. The minimum Gasteiger partial charge on any atom is -0.463 e. The molecule has 0 aliphatic carbocycles. The van der Waals surface area contributed by atoms with Gasteiger partial charge >= 0.3 is 5.97 Å². The van der Waals surface area contributed by atoms with Gasteiger partial charge in [0, 0.05) is 16.8 Å². The van der Waals surface area contributed by atoms with Gasteiger partial charge in [0.1, 0.15) is 0 Å². The second-order valence-electron chi connectivity index (χ2n) is 7.19. The molecule has 0 fully saturated rings. The molecule has 0 saturated heterocycles.